The largest absolute Gasteiger partial charge is 0.462 e. The van der Waals surface area contributed by atoms with Crippen LogP contribution in [0.2, 0.25) is 0 Å². The molecule has 2 aliphatic heterocycles. The van der Waals surface area contributed by atoms with E-state index in [-0.39, 0.29) is 11.9 Å². The maximum absolute atomic E-state index is 12.7. The van der Waals surface area contributed by atoms with Gasteiger partial charge in [0.2, 0.25) is 0 Å². The summed E-state index contributed by atoms with van der Waals surface area (Å²) < 4.78 is 45.9. The number of nitrogens with zero attached hydrogens (tertiary/aromatic N) is 6. The first kappa shape index (κ1) is 29.0. The predicted molar refractivity (Wildman–Crippen MR) is 154 cm³/mol. The average molecular weight is 579 g/mol. The van der Waals surface area contributed by atoms with E-state index in [1.54, 1.807) is 31.7 Å². The molecule has 2 aliphatic carbocycles. The van der Waals surface area contributed by atoms with E-state index in [1.807, 2.05) is 26.4 Å². The van der Waals surface area contributed by atoms with Crippen molar-refractivity contribution in [2.24, 2.45) is 17.8 Å². The maximum atomic E-state index is 12.7. The van der Waals surface area contributed by atoms with Crippen LogP contribution >= 0.6 is 0 Å². The van der Waals surface area contributed by atoms with Crippen LogP contribution in [0.5, 0.6) is 5.88 Å². The SMILES string of the molecule is COc1nc[n+](C)c(C2CC2)c1C1N=CC2=C(N(CC3=C=C/C=C(/C(N)=C/N(C)CC(F)(F)F)C=C=C3)CC=C2)N1C. The molecule has 1 aromatic heterocycles. The molecule has 1 saturated carbocycles. The molecule has 0 spiro atoms. The molecule has 220 valence electrons. The van der Waals surface area contributed by atoms with Gasteiger partial charge in [-0.05, 0) is 42.1 Å². The summed E-state index contributed by atoms with van der Waals surface area (Å²) in [5, 5.41) is 0. The molecule has 3 heterocycles. The Balaban J connectivity index is 1.39. The van der Waals surface area contributed by atoms with Crippen molar-refractivity contribution < 1.29 is 22.5 Å². The zero-order chi connectivity index (χ0) is 30.0. The van der Waals surface area contributed by atoms with Crippen LogP contribution in [-0.2, 0) is 7.05 Å². The van der Waals surface area contributed by atoms with Crippen molar-refractivity contribution in [3.63, 3.8) is 0 Å². The number of methoxy groups -OCH3 is 1. The third kappa shape index (κ3) is 6.38. The molecule has 0 aromatic carbocycles. The van der Waals surface area contributed by atoms with Gasteiger partial charge in [0, 0.05) is 55.7 Å². The number of ether oxygens (including phenoxy) is 1. The summed E-state index contributed by atoms with van der Waals surface area (Å²) in [6, 6.07) is 0. The Kier molecular flexibility index (Phi) is 8.16. The third-order valence-corrected chi connectivity index (χ3v) is 7.40. The second-order valence-electron chi connectivity index (χ2n) is 10.8. The number of rotatable bonds is 8. The summed E-state index contributed by atoms with van der Waals surface area (Å²) in [6.45, 7) is 0.167. The predicted octanol–water partition coefficient (Wildman–Crippen LogP) is 3.92. The number of aryl methyl sites for hydroxylation is 1. The van der Waals surface area contributed by atoms with Gasteiger partial charge in [-0.25, -0.2) is 4.57 Å². The average Bonchev–Trinajstić information content (AvgIpc) is 3.74. The first-order chi connectivity index (χ1) is 20.1. The lowest BCUT2D eigenvalue weighted by Crippen LogP contribution is -2.43. The number of hydrogen-bond donors (Lipinski definition) is 1. The zero-order valence-corrected chi connectivity index (χ0v) is 24.2. The van der Waals surface area contributed by atoms with Gasteiger partial charge in [0.05, 0.1) is 26.4 Å². The van der Waals surface area contributed by atoms with Crippen LogP contribution in [0, 0.1) is 0 Å². The summed E-state index contributed by atoms with van der Waals surface area (Å²) in [6.07, 6.45) is 13.8. The van der Waals surface area contributed by atoms with Gasteiger partial charge < -0.3 is 25.2 Å². The van der Waals surface area contributed by atoms with Crippen LogP contribution in [-0.4, -0.2) is 72.9 Å². The molecule has 0 amide bonds. The lowest BCUT2D eigenvalue weighted by atomic mass is 10.0. The van der Waals surface area contributed by atoms with Crippen molar-refractivity contribution in [3.8, 4) is 5.88 Å². The Bertz CT molecular complexity index is 1530. The minimum atomic E-state index is -4.31. The van der Waals surface area contributed by atoms with E-state index in [0.717, 1.165) is 40.3 Å². The second-order valence-corrected chi connectivity index (χ2v) is 10.8. The topological polar surface area (TPSA) is 74.1 Å². The zero-order valence-electron chi connectivity index (χ0n) is 24.2. The fourth-order valence-electron chi connectivity index (χ4n) is 5.47. The Morgan fingerprint density at radius 1 is 1.31 bits per heavy atom. The molecule has 2 N–H and O–H groups in total. The summed E-state index contributed by atoms with van der Waals surface area (Å²) in [5.74, 6) is 2.10. The van der Waals surface area contributed by atoms with E-state index < -0.39 is 12.7 Å². The van der Waals surface area contributed by atoms with Crippen molar-refractivity contribution >= 4 is 6.21 Å². The normalized spacial score (nSPS) is 21.6. The van der Waals surface area contributed by atoms with E-state index in [2.05, 4.69) is 43.0 Å². The third-order valence-electron chi connectivity index (χ3n) is 7.40. The van der Waals surface area contributed by atoms with E-state index >= 15 is 0 Å². The quantitative estimate of drug-likeness (QED) is 0.373. The molecular weight excluding hydrogens is 543 g/mol. The molecule has 1 atom stereocenters. The number of alkyl halides is 3. The van der Waals surface area contributed by atoms with Crippen LogP contribution in [0.3, 0.4) is 0 Å². The number of halogens is 3. The fourth-order valence-corrected chi connectivity index (χ4v) is 5.47. The molecule has 1 fully saturated rings. The Labute approximate surface area is 244 Å². The smallest absolute Gasteiger partial charge is 0.405 e. The number of aliphatic imine (C=N–C) groups is 1. The van der Waals surface area contributed by atoms with Gasteiger partial charge in [0.1, 0.15) is 23.6 Å². The standard InChI is InChI=1S/C31H35F3N7O/c1-38(19-31(32,33)34)18-25(35)22-10-5-8-21(9-6-11-22)17-41-15-7-12-24-16-36-28(40(3)30(24)41)26-27(23-13-14-23)39(2)20-37-29(26)42-4/h5,7,9-12,16,18,20,23,28H,13-15,17,19,35H2,1-4H3/q+1/b22-10+,25-18-. The van der Waals surface area contributed by atoms with Crippen LogP contribution in [0.25, 0.3) is 0 Å². The molecule has 8 nitrogen and oxygen atoms in total. The summed E-state index contributed by atoms with van der Waals surface area (Å²) in [7, 11) is 7.05. The van der Waals surface area contributed by atoms with Gasteiger partial charge in [-0.15, -0.1) is 11.5 Å². The Morgan fingerprint density at radius 2 is 2.10 bits per heavy atom. The van der Waals surface area contributed by atoms with Gasteiger partial charge in [-0.1, -0.05) is 12.2 Å². The minimum Gasteiger partial charge on any atom is -0.462 e. The Morgan fingerprint density at radius 3 is 2.81 bits per heavy atom. The minimum absolute atomic E-state index is 0.207. The van der Waals surface area contributed by atoms with Gasteiger partial charge >= 0.3 is 12.1 Å². The second kappa shape index (κ2) is 11.8. The molecule has 1 aromatic rings. The highest BCUT2D eigenvalue weighted by Crippen LogP contribution is 2.45. The van der Waals surface area contributed by atoms with Crippen LogP contribution in [0.4, 0.5) is 13.2 Å². The first-order valence-electron chi connectivity index (χ1n) is 13.7. The fraction of sp³-hybridized carbons (Fsp3) is 0.387. The lowest BCUT2D eigenvalue weighted by Gasteiger charge is -2.41. The number of allylic oxidation sites excluding steroid dienone is 4. The van der Waals surface area contributed by atoms with E-state index in [9.17, 15) is 13.2 Å². The molecule has 5 rings (SSSR count). The van der Waals surface area contributed by atoms with Crippen molar-refractivity contribution in [1.29, 1.82) is 0 Å². The van der Waals surface area contributed by atoms with Crippen molar-refractivity contribution in [1.82, 2.24) is 19.7 Å². The number of nitrogens with two attached hydrogens (primary N) is 1. The summed E-state index contributed by atoms with van der Waals surface area (Å²) in [5.41, 5.74) is 17.3. The van der Waals surface area contributed by atoms with E-state index in [0.29, 0.717) is 30.5 Å². The van der Waals surface area contributed by atoms with Gasteiger partial charge in [-0.2, -0.15) is 13.2 Å². The van der Waals surface area contributed by atoms with Crippen molar-refractivity contribution in [2.45, 2.75) is 31.1 Å². The monoisotopic (exact) mass is 578 g/mol. The molecule has 11 heteroatoms. The molecular formula is C31H35F3N7O+. The van der Waals surface area contributed by atoms with Gasteiger partial charge in [-0.3, -0.25) is 4.99 Å². The van der Waals surface area contributed by atoms with E-state index in [4.69, 9.17) is 15.5 Å². The first-order valence-corrected chi connectivity index (χ1v) is 13.7. The lowest BCUT2D eigenvalue weighted by molar-refractivity contribution is -0.683. The van der Waals surface area contributed by atoms with Crippen LogP contribution < -0.4 is 15.0 Å². The number of aromatic nitrogens is 2. The van der Waals surface area contributed by atoms with E-state index in [1.165, 1.54) is 18.9 Å². The molecule has 42 heavy (non-hydrogen) atoms. The van der Waals surface area contributed by atoms with Gasteiger partial charge in [0.25, 0.3) is 6.33 Å². The number of hydrogen-bond acceptors (Lipinski definition) is 7. The molecule has 0 bridgehead atoms. The highest BCUT2D eigenvalue weighted by atomic mass is 19.4. The van der Waals surface area contributed by atoms with Crippen molar-refractivity contribution in [3.05, 3.63) is 99.9 Å². The van der Waals surface area contributed by atoms with Gasteiger partial charge in [0.15, 0.2) is 6.17 Å². The molecule has 0 radical (unpaired) electrons. The highest BCUT2D eigenvalue weighted by molar-refractivity contribution is 5.85. The van der Waals surface area contributed by atoms with Crippen LogP contribution in [0.1, 0.15) is 36.2 Å². The molecule has 0 saturated heterocycles. The summed E-state index contributed by atoms with van der Waals surface area (Å²) >= 11 is 0. The summed E-state index contributed by atoms with van der Waals surface area (Å²) in [4.78, 5) is 14.9. The Hall–Kier alpha value is -4.46. The van der Waals surface area contributed by atoms with Crippen molar-refractivity contribution in [2.75, 3.05) is 40.8 Å². The maximum Gasteiger partial charge on any atom is 0.405 e. The molecule has 1 unspecified atom stereocenters. The molecule has 4 aliphatic rings. The highest BCUT2D eigenvalue weighted by Gasteiger charge is 2.41. The van der Waals surface area contributed by atoms with Crippen LogP contribution in [0.15, 0.2) is 93.7 Å².